The molecule has 1 aromatic heterocycles. The van der Waals surface area contributed by atoms with Crippen molar-refractivity contribution >= 4 is 17.5 Å². The van der Waals surface area contributed by atoms with Gasteiger partial charge in [0.25, 0.3) is 5.91 Å². The lowest BCUT2D eigenvalue weighted by molar-refractivity contribution is 0.0699. The van der Waals surface area contributed by atoms with Crippen molar-refractivity contribution in [1.82, 2.24) is 14.7 Å². The third-order valence-electron chi connectivity index (χ3n) is 6.75. The second-order valence-electron chi connectivity index (χ2n) is 10.3. The van der Waals surface area contributed by atoms with Crippen molar-refractivity contribution in [3.8, 4) is 16.9 Å². The first-order valence-electron chi connectivity index (χ1n) is 11.0. The van der Waals surface area contributed by atoms with Gasteiger partial charge in [0, 0.05) is 18.2 Å². The lowest BCUT2D eigenvalue weighted by Crippen LogP contribution is -2.38. The zero-order chi connectivity index (χ0) is 21.8. The number of likely N-dealkylation sites (tertiary alicyclic amines) is 1. The van der Waals surface area contributed by atoms with Gasteiger partial charge in [0.1, 0.15) is 5.69 Å². The molecule has 0 radical (unpaired) electrons. The summed E-state index contributed by atoms with van der Waals surface area (Å²) in [6.07, 6.45) is 3.29. The summed E-state index contributed by atoms with van der Waals surface area (Å²) in [5, 5.41) is 5.45. The van der Waals surface area contributed by atoms with Gasteiger partial charge < -0.3 is 4.90 Å². The topological polar surface area (TPSA) is 38.1 Å². The Morgan fingerprint density at radius 2 is 1.74 bits per heavy atom. The van der Waals surface area contributed by atoms with Gasteiger partial charge >= 0.3 is 0 Å². The number of halogens is 1. The molecule has 4 nitrogen and oxygen atoms in total. The van der Waals surface area contributed by atoms with E-state index in [1.54, 1.807) is 4.68 Å². The fourth-order valence-electron chi connectivity index (χ4n) is 5.94. The number of aromatic nitrogens is 2. The van der Waals surface area contributed by atoms with Gasteiger partial charge in [-0.3, -0.25) is 4.79 Å². The quantitative estimate of drug-likeness (QED) is 0.490. The van der Waals surface area contributed by atoms with Gasteiger partial charge in [-0.05, 0) is 54.4 Å². The summed E-state index contributed by atoms with van der Waals surface area (Å²) in [7, 11) is 0. The van der Waals surface area contributed by atoms with Crippen LogP contribution in [-0.4, -0.2) is 33.2 Å². The van der Waals surface area contributed by atoms with Crippen molar-refractivity contribution in [2.75, 3.05) is 6.54 Å². The molecule has 0 spiro atoms. The van der Waals surface area contributed by atoms with E-state index in [1.807, 2.05) is 60.7 Å². The molecule has 1 amide bonds. The van der Waals surface area contributed by atoms with Gasteiger partial charge in [-0.25, -0.2) is 4.68 Å². The third-order valence-corrected chi connectivity index (χ3v) is 7.08. The number of carbonyl (C=O) groups excluding carboxylic acids is 1. The average molecular weight is 434 g/mol. The maximum atomic E-state index is 13.9. The standard InChI is InChI=1S/C26H28ClN3O/c1-25(2)14-19-15-26(3,16-25)17-29(19)24(31)23-13-22(20-11-7-8-12-21(20)27)28-30(23)18-9-5-4-6-10-18/h4-13,19H,14-17H2,1-3H3. The molecule has 2 aromatic carbocycles. The summed E-state index contributed by atoms with van der Waals surface area (Å²) in [5.41, 5.74) is 3.46. The Morgan fingerprint density at radius 1 is 1.03 bits per heavy atom. The molecular formula is C26H28ClN3O. The van der Waals surface area contributed by atoms with Crippen molar-refractivity contribution in [2.45, 2.75) is 46.1 Å². The monoisotopic (exact) mass is 433 g/mol. The zero-order valence-corrected chi connectivity index (χ0v) is 19.1. The first-order valence-corrected chi connectivity index (χ1v) is 11.3. The van der Waals surface area contributed by atoms with Crippen LogP contribution in [0.2, 0.25) is 5.02 Å². The number of amides is 1. The number of nitrogens with zero attached hydrogens (tertiary/aromatic N) is 3. The second kappa shape index (κ2) is 7.23. The van der Waals surface area contributed by atoms with Crippen LogP contribution in [-0.2, 0) is 0 Å². The summed E-state index contributed by atoms with van der Waals surface area (Å²) >= 11 is 6.45. The van der Waals surface area contributed by atoms with Crippen LogP contribution in [0.15, 0.2) is 60.7 Å². The molecule has 2 fully saturated rings. The van der Waals surface area contributed by atoms with E-state index >= 15 is 0 Å². The SMILES string of the molecule is CC1(C)CC2CC(C)(CN2C(=O)c2cc(-c3ccccc3Cl)nn2-c2ccccc2)C1. The summed E-state index contributed by atoms with van der Waals surface area (Å²) in [4.78, 5) is 16.0. The first kappa shape index (κ1) is 20.3. The van der Waals surface area contributed by atoms with E-state index in [0.717, 1.165) is 37.1 Å². The lowest BCUT2D eigenvalue weighted by atomic mass is 9.65. The van der Waals surface area contributed by atoms with Crippen molar-refractivity contribution < 1.29 is 4.79 Å². The highest BCUT2D eigenvalue weighted by Gasteiger charge is 2.51. The largest absolute Gasteiger partial charge is 0.334 e. The van der Waals surface area contributed by atoms with Crippen LogP contribution < -0.4 is 0 Å². The van der Waals surface area contributed by atoms with Crippen LogP contribution in [0.1, 0.15) is 50.5 Å². The Bertz CT molecular complexity index is 1140. The van der Waals surface area contributed by atoms with E-state index in [1.165, 1.54) is 0 Å². The van der Waals surface area contributed by atoms with E-state index in [0.29, 0.717) is 16.4 Å². The molecule has 1 saturated carbocycles. The van der Waals surface area contributed by atoms with Gasteiger partial charge in [-0.2, -0.15) is 5.10 Å². The highest BCUT2D eigenvalue weighted by Crippen LogP contribution is 2.52. The predicted octanol–water partition coefficient (Wildman–Crippen LogP) is 6.23. The predicted molar refractivity (Wildman–Crippen MR) is 125 cm³/mol. The molecule has 160 valence electrons. The van der Waals surface area contributed by atoms with E-state index in [4.69, 9.17) is 16.7 Å². The third kappa shape index (κ3) is 3.67. The maximum Gasteiger partial charge on any atom is 0.272 e. The molecule has 1 aliphatic carbocycles. The molecule has 3 aromatic rings. The lowest BCUT2D eigenvalue weighted by Gasteiger charge is -2.39. The summed E-state index contributed by atoms with van der Waals surface area (Å²) < 4.78 is 1.77. The van der Waals surface area contributed by atoms with Gasteiger partial charge in [0.2, 0.25) is 0 Å². The van der Waals surface area contributed by atoms with Gasteiger partial charge in [-0.1, -0.05) is 68.8 Å². The van der Waals surface area contributed by atoms with Gasteiger partial charge in [0.05, 0.1) is 16.4 Å². The molecule has 2 unspecified atom stereocenters. The molecule has 1 aliphatic heterocycles. The molecule has 5 rings (SSSR count). The van der Waals surface area contributed by atoms with Crippen LogP contribution >= 0.6 is 11.6 Å². The molecule has 2 bridgehead atoms. The zero-order valence-electron chi connectivity index (χ0n) is 18.3. The molecule has 5 heteroatoms. The first-order chi connectivity index (χ1) is 14.7. The number of carbonyl (C=O) groups is 1. The van der Waals surface area contributed by atoms with Gasteiger partial charge in [-0.15, -0.1) is 0 Å². The van der Waals surface area contributed by atoms with Gasteiger partial charge in [0.15, 0.2) is 0 Å². The number of hydrogen-bond acceptors (Lipinski definition) is 2. The molecule has 1 saturated heterocycles. The summed E-state index contributed by atoms with van der Waals surface area (Å²) in [6, 6.07) is 19.7. The van der Waals surface area contributed by atoms with Crippen molar-refractivity contribution in [2.24, 2.45) is 10.8 Å². The van der Waals surface area contributed by atoms with E-state index in [-0.39, 0.29) is 22.8 Å². The fourth-order valence-corrected chi connectivity index (χ4v) is 6.18. The Morgan fingerprint density at radius 3 is 2.48 bits per heavy atom. The number of fused-ring (bicyclic) bond motifs is 2. The Labute approximate surface area is 188 Å². The molecular weight excluding hydrogens is 406 g/mol. The minimum atomic E-state index is 0.0566. The molecule has 2 atom stereocenters. The molecule has 2 aliphatic rings. The normalized spacial score (nSPS) is 24.4. The van der Waals surface area contributed by atoms with Crippen molar-refractivity contribution in [1.29, 1.82) is 0 Å². The number of hydrogen-bond donors (Lipinski definition) is 0. The van der Waals surface area contributed by atoms with Crippen LogP contribution in [0, 0.1) is 10.8 Å². The smallest absolute Gasteiger partial charge is 0.272 e. The van der Waals surface area contributed by atoms with Crippen molar-refractivity contribution in [3.05, 3.63) is 71.4 Å². The van der Waals surface area contributed by atoms with E-state index in [9.17, 15) is 4.79 Å². The van der Waals surface area contributed by atoms with Crippen LogP contribution in [0.5, 0.6) is 0 Å². The molecule has 0 N–H and O–H groups in total. The van der Waals surface area contributed by atoms with E-state index < -0.39 is 0 Å². The highest BCUT2D eigenvalue weighted by molar-refractivity contribution is 6.33. The summed E-state index contributed by atoms with van der Waals surface area (Å²) in [6.45, 7) is 7.80. The maximum absolute atomic E-state index is 13.9. The highest BCUT2D eigenvalue weighted by atomic mass is 35.5. The molecule has 31 heavy (non-hydrogen) atoms. The number of para-hydroxylation sites is 1. The molecule has 2 heterocycles. The van der Waals surface area contributed by atoms with Crippen molar-refractivity contribution in [3.63, 3.8) is 0 Å². The second-order valence-corrected chi connectivity index (χ2v) is 10.7. The fraction of sp³-hybridized carbons (Fsp3) is 0.385. The Kier molecular flexibility index (Phi) is 4.74. The minimum absolute atomic E-state index is 0.0566. The number of rotatable bonds is 3. The summed E-state index contributed by atoms with van der Waals surface area (Å²) in [5.74, 6) is 0.0566. The van der Waals surface area contributed by atoms with Crippen LogP contribution in [0.4, 0.5) is 0 Å². The Hall–Kier alpha value is -2.59. The number of benzene rings is 2. The van der Waals surface area contributed by atoms with E-state index in [2.05, 4.69) is 25.7 Å². The Balaban J connectivity index is 1.58. The average Bonchev–Trinajstić information content (AvgIpc) is 3.26. The minimum Gasteiger partial charge on any atom is -0.334 e. The van der Waals surface area contributed by atoms with Crippen LogP contribution in [0.3, 0.4) is 0 Å². The van der Waals surface area contributed by atoms with Crippen LogP contribution in [0.25, 0.3) is 16.9 Å².